The fourth-order valence-electron chi connectivity index (χ4n) is 1.54. The van der Waals surface area contributed by atoms with Crippen LogP contribution in [0.2, 0.25) is 0 Å². The van der Waals surface area contributed by atoms with Gasteiger partial charge in [-0.25, -0.2) is 0 Å². The number of amides is 1. The fourth-order valence-corrected chi connectivity index (χ4v) is 1.54. The largest absolute Gasteiger partial charge is 0.493 e. The van der Waals surface area contributed by atoms with Crippen LogP contribution in [-0.4, -0.2) is 25.0 Å². The Hall–Kier alpha value is -1.84. The second-order valence-corrected chi connectivity index (χ2v) is 4.07. The number of para-hydroxylation sites is 1. The summed E-state index contributed by atoms with van der Waals surface area (Å²) in [5.41, 5.74) is 0.470. The molecule has 0 saturated carbocycles. The molecule has 1 aromatic rings. The molecule has 0 aliphatic rings. The Morgan fingerprint density at radius 1 is 1.26 bits per heavy atom. The van der Waals surface area contributed by atoms with Crippen LogP contribution in [0.5, 0.6) is 5.75 Å². The lowest BCUT2D eigenvalue weighted by atomic mass is 10.2. The first-order valence-corrected chi connectivity index (χ1v) is 6.63. The van der Waals surface area contributed by atoms with Crippen LogP contribution >= 0.6 is 0 Å². The quantitative estimate of drug-likeness (QED) is 0.448. The highest BCUT2D eigenvalue weighted by Crippen LogP contribution is 2.19. The normalized spacial score (nSPS) is 11.2. The number of hydrogen-bond donors (Lipinski definition) is 0. The van der Waals surface area contributed by atoms with E-state index >= 15 is 0 Å². The van der Waals surface area contributed by atoms with Crippen molar-refractivity contribution in [2.75, 3.05) is 13.2 Å². The minimum absolute atomic E-state index is 0.335. The highest BCUT2D eigenvalue weighted by molar-refractivity contribution is 6.03. The molecule has 1 amide bonds. The van der Waals surface area contributed by atoms with Gasteiger partial charge in [-0.15, -0.1) is 0 Å². The number of nitrogens with zero attached hydrogens (tertiary/aromatic N) is 1. The Morgan fingerprint density at radius 3 is 2.68 bits per heavy atom. The third-order valence-electron chi connectivity index (χ3n) is 2.49. The molecule has 0 spiro atoms. The molecule has 1 aromatic carbocycles. The summed E-state index contributed by atoms with van der Waals surface area (Å²) >= 11 is 0. The zero-order valence-electron chi connectivity index (χ0n) is 11.8. The van der Waals surface area contributed by atoms with Gasteiger partial charge >= 0.3 is 0 Å². The number of rotatable bonds is 6. The summed E-state index contributed by atoms with van der Waals surface area (Å²) in [5.74, 6) is 0.614. The summed E-state index contributed by atoms with van der Waals surface area (Å²) < 4.78 is 10.8. The molecule has 4 nitrogen and oxygen atoms in total. The molecule has 19 heavy (non-hydrogen) atoms. The van der Waals surface area contributed by atoms with E-state index in [1.807, 2.05) is 13.0 Å². The third kappa shape index (κ3) is 5.12. The van der Waals surface area contributed by atoms with Crippen molar-refractivity contribution >= 4 is 11.8 Å². The lowest BCUT2D eigenvalue weighted by Gasteiger charge is -2.09. The monoisotopic (exact) mass is 263 g/mol. The number of unbranched alkanes of at least 4 members (excludes halogenated alkanes) is 1. The van der Waals surface area contributed by atoms with Crippen molar-refractivity contribution < 1.29 is 14.3 Å². The predicted molar refractivity (Wildman–Crippen MR) is 75.9 cm³/mol. The van der Waals surface area contributed by atoms with Gasteiger partial charge in [-0.1, -0.05) is 25.5 Å². The van der Waals surface area contributed by atoms with Crippen molar-refractivity contribution in [1.29, 1.82) is 0 Å². The molecule has 0 radical (unpaired) electrons. The van der Waals surface area contributed by atoms with Crippen LogP contribution in [0.3, 0.4) is 0 Å². The van der Waals surface area contributed by atoms with Gasteiger partial charge in [0.15, 0.2) is 5.90 Å². The number of ether oxygens (including phenoxy) is 2. The Morgan fingerprint density at radius 2 is 2.00 bits per heavy atom. The van der Waals surface area contributed by atoms with E-state index in [-0.39, 0.29) is 5.91 Å². The molecule has 0 aromatic heterocycles. The van der Waals surface area contributed by atoms with Gasteiger partial charge in [0.05, 0.1) is 18.8 Å². The van der Waals surface area contributed by atoms with E-state index in [1.54, 1.807) is 25.1 Å². The van der Waals surface area contributed by atoms with Crippen LogP contribution in [0, 0.1) is 0 Å². The van der Waals surface area contributed by atoms with Crippen molar-refractivity contribution in [1.82, 2.24) is 0 Å². The summed E-state index contributed by atoms with van der Waals surface area (Å²) in [6, 6.07) is 7.14. The minimum Gasteiger partial charge on any atom is -0.493 e. The fraction of sp³-hybridized carbons (Fsp3) is 0.467. The predicted octanol–water partition coefficient (Wildman–Crippen LogP) is 3.46. The first-order valence-electron chi connectivity index (χ1n) is 6.63. The van der Waals surface area contributed by atoms with Crippen LogP contribution in [-0.2, 0) is 4.74 Å². The van der Waals surface area contributed by atoms with E-state index in [0.717, 1.165) is 12.8 Å². The average molecular weight is 263 g/mol. The van der Waals surface area contributed by atoms with Crippen LogP contribution < -0.4 is 4.74 Å². The maximum atomic E-state index is 12.0. The van der Waals surface area contributed by atoms with Crippen LogP contribution in [0.15, 0.2) is 29.3 Å². The van der Waals surface area contributed by atoms with Gasteiger partial charge in [-0.05, 0) is 25.5 Å². The maximum Gasteiger partial charge on any atom is 0.283 e. The number of carbonyl (C=O) groups excluding carboxylic acids is 1. The average Bonchev–Trinajstić information content (AvgIpc) is 2.39. The topological polar surface area (TPSA) is 47.9 Å². The summed E-state index contributed by atoms with van der Waals surface area (Å²) in [7, 11) is 0. The van der Waals surface area contributed by atoms with E-state index in [1.165, 1.54) is 0 Å². The van der Waals surface area contributed by atoms with Gasteiger partial charge in [0, 0.05) is 6.92 Å². The number of aliphatic imine (C=N–C) groups is 1. The first kappa shape index (κ1) is 15.2. The zero-order chi connectivity index (χ0) is 14.1. The molecule has 1 rings (SSSR count). The van der Waals surface area contributed by atoms with E-state index in [9.17, 15) is 4.79 Å². The van der Waals surface area contributed by atoms with E-state index in [4.69, 9.17) is 9.47 Å². The molecule has 0 N–H and O–H groups in total. The smallest absolute Gasteiger partial charge is 0.283 e. The molecule has 0 saturated heterocycles. The van der Waals surface area contributed by atoms with Gasteiger partial charge in [-0.3, -0.25) is 4.79 Å². The Labute approximate surface area is 114 Å². The summed E-state index contributed by atoms with van der Waals surface area (Å²) in [5, 5.41) is 0. The highest BCUT2D eigenvalue weighted by atomic mass is 16.5. The van der Waals surface area contributed by atoms with Crippen molar-refractivity contribution in [3.8, 4) is 5.75 Å². The van der Waals surface area contributed by atoms with Crippen molar-refractivity contribution in [2.24, 2.45) is 4.99 Å². The van der Waals surface area contributed by atoms with E-state index in [0.29, 0.717) is 30.4 Å². The third-order valence-corrected chi connectivity index (χ3v) is 2.49. The zero-order valence-corrected chi connectivity index (χ0v) is 11.8. The molecule has 0 aliphatic heterocycles. The highest BCUT2D eigenvalue weighted by Gasteiger charge is 2.11. The molecule has 0 unspecified atom stereocenters. The summed E-state index contributed by atoms with van der Waals surface area (Å²) in [6.45, 7) is 6.72. The van der Waals surface area contributed by atoms with E-state index in [2.05, 4.69) is 11.9 Å². The van der Waals surface area contributed by atoms with Crippen LogP contribution in [0.1, 0.15) is 44.0 Å². The van der Waals surface area contributed by atoms with Gasteiger partial charge in [0.25, 0.3) is 5.91 Å². The van der Waals surface area contributed by atoms with Gasteiger partial charge in [0.2, 0.25) is 0 Å². The Balaban J connectivity index is 2.81. The summed E-state index contributed by atoms with van der Waals surface area (Å²) in [4.78, 5) is 15.9. The molecule has 0 aliphatic carbocycles. The number of hydrogen-bond acceptors (Lipinski definition) is 3. The van der Waals surface area contributed by atoms with Crippen molar-refractivity contribution in [2.45, 2.75) is 33.6 Å². The maximum absolute atomic E-state index is 12.0. The standard InChI is InChI=1S/C15H21NO3/c1-4-6-11-19-14-10-8-7-9-13(14)15(17)16-12(3)18-5-2/h7-10H,4-6,11H2,1-3H3. The molecule has 4 heteroatoms. The first-order chi connectivity index (χ1) is 9.19. The lowest BCUT2D eigenvalue weighted by Crippen LogP contribution is -2.07. The molecular formula is C15H21NO3. The van der Waals surface area contributed by atoms with Crippen LogP contribution in [0.25, 0.3) is 0 Å². The van der Waals surface area contributed by atoms with E-state index < -0.39 is 0 Å². The SMILES string of the molecule is CCCCOc1ccccc1C(=O)N=C(C)OCC. The molecular weight excluding hydrogens is 242 g/mol. The lowest BCUT2D eigenvalue weighted by molar-refractivity contribution is 0.0995. The Bertz CT molecular complexity index is 441. The number of benzene rings is 1. The molecule has 0 fully saturated rings. The number of carbonyl (C=O) groups is 1. The molecule has 0 atom stereocenters. The van der Waals surface area contributed by atoms with Crippen LogP contribution in [0.4, 0.5) is 0 Å². The summed E-state index contributed by atoms with van der Waals surface area (Å²) in [6.07, 6.45) is 2.02. The molecule has 0 heterocycles. The van der Waals surface area contributed by atoms with Crippen molar-refractivity contribution in [3.63, 3.8) is 0 Å². The molecule has 0 bridgehead atoms. The van der Waals surface area contributed by atoms with Crippen molar-refractivity contribution in [3.05, 3.63) is 29.8 Å². The van der Waals surface area contributed by atoms with Gasteiger partial charge in [-0.2, -0.15) is 4.99 Å². The second kappa shape index (κ2) is 8.29. The Kier molecular flexibility index (Phi) is 6.64. The minimum atomic E-state index is -0.335. The second-order valence-electron chi connectivity index (χ2n) is 4.07. The van der Waals surface area contributed by atoms with Gasteiger partial charge < -0.3 is 9.47 Å². The molecule has 104 valence electrons. The van der Waals surface area contributed by atoms with Gasteiger partial charge in [0.1, 0.15) is 5.75 Å².